The van der Waals surface area contributed by atoms with Gasteiger partial charge in [0.1, 0.15) is 0 Å². The van der Waals surface area contributed by atoms with Crippen LogP contribution in [0.1, 0.15) is 18.4 Å². The van der Waals surface area contributed by atoms with Crippen LogP contribution in [0.15, 0.2) is 18.2 Å². The van der Waals surface area contributed by atoms with Crippen molar-refractivity contribution in [3.63, 3.8) is 0 Å². The van der Waals surface area contributed by atoms with Crippen molar-refractivity contribution >= 4 is 0 Å². The van der Waals surface area contributed by atoms with Gasteiger partial charge in [-0.3, -0.25) is 4.90 Å². The highest BCUT2D eigenvalue weighted by Gasteiger charge is 2.19. The number of aliphatic hydroxyl groups is 1. The summed E-state index contributed by atoms with van der Waals surface area (Å²) in [5.41, 5.74) is 0.356. The minimum absolute atomic E-state index is 0.342. The summed E-state index contributed by atoms with van der Waals surface area (Å²) in [5, 5.41) is 9.47. The molecule has 0 radical (unpaired) electrons. The fourth-order valence-electron chi connectivity index (χ4n) is 2.09. The largest absolute Gasteiger partial charge is 0.392 e. The first kappa shape index (κ1) is 11.5. The number of hydrogen-bond donors (Lipinski definition) is 1. The summed E-state index contributed by atoms with van der Waals surface area (Å²) < 4.78 is 26.4. The molecular formula is C12H15F2NO. The van der Waals surface area contributed by atoms with E-state index in [1.807, 2.05) is 4.90 Å². The molecule has 16 heavy (non-hydrogen) atoms. The zero-order valence-corrected chi connectivity index (χ0v) is 9.00. The number of halogens is 2. The molecule has 1 atom stereocenters. The normalized spacial score (nSPS) is 22.3. The van der Waals surface area contributed by atoms with E-state index in [-0.39, 0.29) is 6.10 Å². The average Bonchev–Trinajstić information content (AvgIpc) is 2.25. The predicted octanol–water partition coefficient (Wildman–Crippen LogP) is 1.92. The number of hydrogen-bond acceptors (Lipinski definition) is 2. The first-order valence-corrected chi connectivity index (χ1v) is 5.50. The molecule has 2 rings (SSSR count). The molecule has 0 aliphatic carbocycles. The van der Waals surface area contributed by atoms with Gasteiger partial charge in [-0.2, -0.15) is 0 Å². The summed E-state index contributed by atoms with van der Waals surface area (Å²) in [7, 11) is 0. The van der Waals surface area contributed by atoms with E-state index in [0.717, 1.165) is 25.5 Å². The maximum absolute atomic E-state index is 13.4. The number of nitrogens with zero attached hydrogens (tertiary/aromatic N) is 1. The topological polar surface area (TPSA) is 23.5 Å². The van der Waals surface area contributed by atoms with Gasteiger partial charge in [0.15, 0.2) is 11.6 Å². The Bertz CT molecular complexity index is 370. The molecule has 1 aliphatic rings. The lowest BCUT2D eigenvalue weighted by Gasteiger charge is -2.30. The molecule has 1 heterocycles. The van der Waals surface area contributed by atoms with Crippen LogP contribution in [-0.4, -0.2) is 29.2 Å². The van der Waals surface area contributed by atoms with E-state index in [9.17, 15) is 13.9 Å². The van der Waals surface area contributed by atoms with Crippen molar-refractivity contribution in [1.82, 2.24) is 4.90 Å². The second-order valence-electron chi connectivity index (χ2n) is 4.24. The zero-order chi connectivity index (χ0) is 11.5. The van der Waals surface area contributed by atoms with Gasteiger partial charge in [-0.15, -0.1) is 0 Å². The lowest BCUT2D eigenvalue weighted by atomic mass is 10.1. The van der Waals surface area contributed by atoms with E-state index >= 15 is 0 Å². The van der Waals surface area contributed by atoms with Crippen LogP contribution in [-0.2, 0) is 6.54 Å². The molecular weight excluding hydrogens is 212 g/mol. The van der Waals surface area contributed by atoms with Crippen LogP contribution in [0.2, 0.25) is 0 Å². The second-order valence-corrected chi connectivity index (χ2v) is 4.24. The van der Waals surface area contributed by atoms with Gasteiger partial charge >= 0.3 is 0 Å². The molecule has 1 aliphatic heterocycles. The van der Waals surface area contributed by atoms with Gasteiger partial charge in [0.25, 0.3) is 0 Å². The monoisotopic (exact) mass is 227 g/mol. The highest BCUT2D eigenvalue weighted by molar-refractivity contribution is 5.18. The molecule has 0 amide bonds. The molecule has 0 bridgehead atoms. The Kier molecular flexibility index (Phi) is 3.51. The van der Waals surface area contributed by atoms with Gasteiger partial charge in [0.05, 0.1) is 6.10 Å². The molecule has 2 nitrogen and oxygen atoms in total. The molecule has 0 saturated carbocycles. The second kappa shape index (κ2) is 4.89. The molecule has 88 valence electrons. The van der Waals surface area contributed by atoms with Crippen molar-refractivity contribution in [2.75, 3.05) is 13.1 Å². The predicted molar refractivity (Wildman–Crippen MR) is 56.9 cm³/mol. The summed E-state index contributed by atoms with van der Waals surface area (Å²) >= 11 is 0. The molecule has 1 N–H and O–H groups in total. The molecule has 0 aromatic heterocycles. The Labute approximate surface area is 93.5 Å². The van der Waals surface area contributed by atoms with Crippen LogP contribution in [0.25, 0.3) is 0 Å². The third-order valence-electron chi connectivity index (χ3n) is 2.91. The van der Waals surface area contributed by atoms with Gasteiger partial charge < -0.3 is 5.11 Å². The van der Waals surface area contributed by atoms with Crippen LogP contribution >= 0.6 is 0 Å². The molecule has 0 spiro atoms. The molecule has 4 heteroatoms. The standard InChI is InChI=1S/C12H15F2NO/c13-11-5-1-3-9(12(11)14)7-15-6-2-4-10(16)8-15/h1,3,5,10,16H,2,4,6-8H2/t10-/m1/s1. The van der Waals surface area contributed by atoms with E-state index in [0.29, 0.717) is 18.7 Å². The van der Waals surface area contributed by atoms with Crippen molar-refractivity contribution in [2.45, 2.75) is 25.5 Å². The van der Waals surface area contributed by atoms with Gasteiger partial charge in [-0.05, 0) is 25.5 Å². The van der Waals surface area contributed by atoms with E-state index < -0.39 is 11.6 Å². The summed E-state index contributed by atoms with van der Waals surface area (Å²) in [5.74, 6) is -1.59. The van der Waals surface area contributed by atoms with Crippen molar-refractivity contribution in [3.05, 3.63) is 35.4 Å². The van der Waals surface area contributed by atoms with E-state index in [1.165, 1.54) is 6.07 Å². The van der Waals surface area contributed by atoms with Crippen LogP contribution in [0.5, 0.6) is 0 Å². The fourth-order valence-corrected chi connectivity index (χ4v) is 2.09. The van der Waals surface area contributed by atoms with Crippen LogP contribution < -0.4 is 0 Å². The minimum Gasteiger partial charge on any atom is -0.392 e. The number of piperidine rings is 1. The average molecular weight is 227 g/mol. The summed E-state index contributed by atoms with van der Waals surface area (Å²) in [6.45, 7) is 1.73. The molecule has 1 fully saturated rings. The maximum Gasteiger partial charge on any atom is 0.163 e. The highest BCUT2D eigenvalue weighted by atomic mass is 19.2. The van der Waals surface area contributed by atoms with Gasteiger partial charge in [0.2, 0.25) is 0 Å². The first-order chi connectivity index (χ1) is 7.66. The van der Waals surface area contributed by atoms with E-state index in [1.54, 1.807) is 6.07 Å². The lowest BCUT2D eigenvalue weighted by Crippen LogP contribution is -2.37. The first-order valence-electron chi connectivity index (χ1n) is 5.50. The number of rotatable bonds is 2. The quantitative estimate of drug-likeness (QED) is 0.834. The Morgan fingerprint density at radius 2 is 2.19 bits per heavy atom. The Balaban J connectivity index is 2.05. The van der Waals surface area contributed by atoms with Crippen LogP contribution in [0, 0.1) is 11.6 Å². The number of benzene rings is 1. The van der Waals surface area contributed by atoms with Crippen molar-refractivity contribution < 1.29 is 13.9 Å². The third kappa shape index (κ3) is 2.57. The molecule has 0 unspecified atom stereocenters. The lowest BCUT2D eigenvalue weighted by molar-refractivity contribution is 0.0662. The zero-order valence-electron chi connectivity index (χ0n) is 9.00. The Morgan fingerprint density at radius 3 is 2.94 bits per heavy atom. The SMILES string of the molecule is O[C@@H]1CCCN(Cc2cccc(F)c2F)C1. The van der Waals surface area contributed by atoms with Gasteiger partial charge in [0, 0.05) is 18.7 Å². The number of likely N-dealkylation sites (tertiary alicyclic amines) is 1. The van der Waals surface area contributed by atoms with Crippen molar-refractivity contribution in [1.29, 1.82) is 0 Å². The smallest absolute Gasteiger partial charge is 0.163 e. The van der Waals surface area contributed by atoms with Gasteiger partial charge in [-0.25, -0.2) is 8.78 Å². The maximum atomic E-state index is 13.4. The van der Waals surface area contributed by atoms with Crippen LogP contribution in [0.4, 0.5) is 8.78 Å². The third-order valence-corrected chi connectivity index (χ3v) is 2.91. The highest BCUT2D eigenvalue weighted by Crippen LogP contribution is 2.17. The van der Waals surface area contributed by atoms with E-state index in [2.05, 4.69) is 0 Å². The molecule has 1 aromatic carbocycles. The van der Waals surface area contributed by atoms with Crippen molar-refractivity contribution in [2.24, 2.45) is 0 Å². The number of β-amino-alcohol motifs (C(OH)–C–C–N with tert-alkyl or cyclic N) is 1. The van der Waals surface area contributed by atoms with E-state index in [4.69, 9.17) is 0 Å². The molecule has 1 saturated heterocycles. The molecule has 1 aromatic rings. The Morgan fingerprint density at radius 1 is 1.38 bits per heavy atom. The summed E-state index contributed by atoms with van der Waals surface area (Å²) in [4.78, 5) is 1.95. The summed E-state index contributed by atoms with van der Waals surface area (Å²) in [6.07, 6.45) is 1.35. The van der Waals surface area contributed by atoms with Crippen molar-refractivity contribution in [3.8, 4) is 0 Å². The minimum atomic E-state index is -0.810. The Hall–Kier alpha value is -1.00. The van der Waals surface area contributed by atoms with Gasteiger partial charge in [-0.1, -0.05) is 12.1 Å². The number of aliphatic hydroxyl groups excluding tert-OH is 1. The van der Waals surface area contributed by atoms with Crippen LogP contribution in [0.3, 0.4) is 0 Å². The fraction of sp³-hybridized carbons (Fsp3) is 0.500. The summed E-state index contributed by atoms with van der Waals surface area (Å²) in [6, 6.07) is 4.21.